The van der Waals surface area contributed by atoms with Crippen molar-refractivity contribution in [3.8, 4) is 0 Å². The van der Waals surface area contributed by atoms with Crippen molar-refractivity contribution in [3.05, 3.63) is 30.6 Å². The van der Waals surface area contributed by atoms with Gasteiger partial charge in [-0.3, -0.25) is 0 Å². The summed E-state index contributed by atoms with van der Waals surface area (Å²) in [6.45, 7) is 1.83. The van der Waals surface area contributed by atoms with Crippen molar-refractivity contribution in [2.24, 2.45) is 0 Å². The molecule has 66 valence electrons. The molecule has 1 saturated heterocycles. The molecule has 2 heterocycles. The lowest BCUT2D eigenvalue weighted by Gasteiger charge is -1.99. The summed E-state index contributed by atoms with van der Waals surface area (Å²) >= 11 is 0. The molecule has 0 spiro atoms. The Morgan fingerprint density at radius 3 is 3.15 bits per heavy atom. The van der Waals surface area contributed by atoms with Gasteiger partial charge in [-0.1, -0.05) is 12.1 Å². The second-order valence-electron chi connectivity index (χ2n) is 3.34. The Morgan fingerprint density at radius 1 is 1.46 bits per heavy atom. The van der Waals surface area contributed by atoms with E-state index in [2.05, 4.69) is 15.6 Å². The average molecular weight is 174 g/mol. The first-order valence-corrected chi connectivity index (χ1v) is 4.45. The molecule has 0 bridgehead atoms. The van der Waals surface area contributed by atoms with Crippen molar-refractivity contribution >= 4 is 11.0 Å². The number of aromatic nitrogens is 2. The van der Waals surface area contributed by atoms with E-state index in [0.29, 0.717) is 6.10 Å². The fourth-order valence-electron chi connectivity index (χ4n) is 1.55. The largest absolute Gasteiger partial charge is 0.371 e. The summed E-state index contributed by atoms with van der Waals surface area (Å²) in [6, 6.07) is 8.16. The molecule has 1 aromatic carbocycles. The maximum Gasteiger partial charge on any atom is 0.0988 e. The second kappa shape index (κ2) is 2.57. The predicted molar refractivity (Wildman–Crippen MR) is 49.5 cm³/mol. The van der Waals surface area contributed by atoms with Crippen molar-refractivity contribution in [2.75, 3.05) is 6.61 Å². The summed E-state index contributed by atoms with van der Waals surface area (Å²) in [6.07, 6.45) is 2.30. The molecule has 3 rings (SSSR count). The normalized spacial score (nSPS) is 20.8. The smallest absolute Gasteiger partial charge is 0.0988 e. The number of hydrogen-bond acceptors (Lipinski definition) is 2. The molecule has 0 aliphatic carbocycles. The van der Waals surface area contributed by atoms with E-state index in [4.69, 9.17) is 4.74 Å². The van der Waals surface area contributed by atoms with E-state index in [1.165, 1.54) is 5.52 Å². The Labute approximate surface area is 76.0 Å². The van der Waals surface area contributed by atoms with E-state index < -0.39 is 0 Å². The fraction of sp³-hybridized carbons (Fsp3) is 0.300. The number of para-hydroxylation sites is 2. The van der Waals surface area contributed by atoms with Crippen molar-refractivity contribution in [1.29, 1.82) is 0 Å². The molecule has 1 atom stereocenters. The SMILES string of the molecule is c1ccc2c(c1)ncn2CC1CO1. The van der Waals surface area contributed by atoms with E-state index in [1.54, 1.807) is 0 Å². The standard InChI is InChI=1S/C10H10N2O/c1-2-4-10-9(3-1)11-7-12(10)5-8-6-13-8/h1-4,7-8H,5-6H2. The van der Waals surface area contributed by atoms with Gasteiger partial charge in [0.15, 0.2) is 0 Å². The quantitative estimate of drug-likeness (QED) is 0.645. The lowest BCUT2D eigenvalue weighted by molar-refractivity contribution is 0.385. The first kappa shape index (κ1) is 7.09. The molecule has 3 heteroatoms. The second-order valence-corrected chi connectivity index (χ2v) is 3.34. The van der Waals surface area contributed by atoms with Gasteiger partial charge in [0.1, 0.15) is 0 Å². The summed E-state index contributed by atoms with van der Waals surface area (Å²) in [7, 11) is 0. The van der Waals surface area contributed by atoms with Crippen molar-refractivity contribution in [2.45, 2.75) is 12.6 Å². The highest BCUT2D eigenvalue weighted by molar-refractivity contribution is 5.74. The average Bonchev–Trinajstić information content (AvgIpc) is 2.88. The van der Waals surface area contributed by atoms with Gasteiger partial charge in [-0.25, -0.2) is 4.98 Å². The minimum absolute atomic E-state index is 0.414. The Kier molecular flexibility index (Phi) is 1.40. The molecule has 3 nitrogen and oxygen atoms in total. The molecule has 1 aliphatic heterocycles. The zero-order valence-corrected chi connectivity index (χ0v) is 7.18. The van der Waals surface area contributed by atoms with Crippen LogP contribution in [-0.4, -0.2) is 22.3 Å². The van der Waals surface area contributed by atoms with Crippen molar-refractivity contribution in [3.63, 3.8) is 0 Å². The Bertz CT molecular complexity index is 431. The van der Waals surface area contributed by atoms with Gasteiger partial charge in [0.05, 0.1) is 36.6 Å². The maximum atomic E-state index is 5.18. The highest BCUT2D eigenvalue weighted by Crippen LogP contribution is 2.17. The number of nitrogens with zero attached hydrogens (tertiary/aromatic N) is 2. The highest BCUT2D eigenvalue weighted by Gasteiger charge is 2.23. The summed E-state index contributed by atoms with van der Waals surface area (Å²) in [5.74, 6) is 0. The van der Waals surface area contributed by atoms with E-state index in [-0.39, 0.29) is 0 Å². The molecule has 0 N–H and O–H groups in total. The number of hydrogen-bond donors (Lipinski definition) is 0. The third kappa shape index (κ3) is 1.21. The van der Waals surface area contributed by atoms with Crippen LogP contribution in [0.15, 0.2) is 30.6 Å². The zero-order valence-electron chi connectivity index (χ0n) is 7.18. The maximum absolute atomic E-state index is 5.18. The van der Waals surface area contributed by atoms with Crippen LogP contribution in [0.3, 0.4) is 0 Å². The lowest BCUT2D eigenvalue weighted by atomic mass is 10.3. The van der Waals surface area contributed by atoms with Gasteiger partial charge in [-0.15, -0.1) is 0 Å². The molecule has 1 aliphatic rings. The van der Waals surface area contributed by atoms with Crippen LogP contribution in [0.5, 0.6) is 0 Å². The van der Waals surface area contributed by atoms with Gasteiger partial charge in [-0.05, 0) is 12.1 Å². The molecule has 1 unspecified atom stereocenters. The molecule has 1 fully saturated rings. The Hall–Kier alpha value is -1.35. The zero-order chi connectivity index (χ0) is 8.67. The first-order valence-electron chi connectivity index (χ1n) is 4.45. The van der Waals surface area contributed by atoms with E-state index in [1.807, 2.05) is 24.5 Å². The Morgan fingerprint density at radius 2 is 2.31 bits per heavy atom. The Balaban J connectivity index is 2.06. The molecule has 0 amide bonds. The van der Waals surface area contributed by atoms with Gasteiger partial charge in [0, 0.05) is 0 Å². The third-order valence-corrected chi connectivity index (χ3v) is 2.33. The van der Waals surface area contributed by atoms with Crippen LogP contribution in [0.4, 0.5) is 0 Å². The van der Waals surface area contributed by atoms with Gasteiger partial charge < -0.3 is 9.30 Å². The van der Waals surface area contributed by atoms with E-state index in [0.717, 1.165) is 18.7 Å². The predicted octanol–water partition coefficient (Wildman–Crippen LogP) is 1.44. The summed E-state index contributed by atoms with van der Waals surface area (Å²) in [5.41, 5.74) is 2.25. The van der Waals surface area contributed by atoms with Gasteiger partial charge in [0.2, 0.25) is 0 Å². The number of benzene rings is 1. The summed E-state index contributed by atoms with van der Waals surface area (Å²) in [4.78, 5) is 4.31. The third-order valence-electron chi connectivity index (χ3n) is 2.33. The van der Waals surface area contributed by atoms with Crippen LogP contribution in [0, 0.1) is 0 Å². The highest BCUT2D eigenvalue weighted by atomic mass is 16.6. The van der Waals surface area contributed by atoms with Crippen LogP contribution in [0.2, 0.25) is 0 Å². The van der Waals surface area contributed by atoms with Gasteiger partial charge in [0.25, 0.3) is 0 Å². The van der Waals surface area contributed by atoms with Crippen LogP contribution < -0.4 is 0 Å². The summed E-state index contributed by atoms with van der Waals surface area (Å²) < 4.78 is 7.33. The van der Waals surface area contributed by atoms with E-state index in [9.17, 15) is 0 Å². The van der Waals surface area contributed by atoms with Gasteiger partial charge in [-0.2, -0.15) is 0 Å². The van der Waals surface area contributed by atoms with Crippen molar-refractivity contribution < 1.29 is 4.74 Å². The molecular formula is C10H10N2O. The molecule has 13 heavy (non-hydrogen) atoms. The topological polar surface area (TPSA) is 30.4 Å². The molecule has 0 saturated carbocycles. The summed E-state index contributed by atoms with van der Waals surface area (Å²) in [5, 5.41) is 0. The molecular weight excluding hydrogens is 164 g/mol. The van der Waals surface area contributed by atoms with Crippen LogP contribution in [0.25, 0.3) is 11.0 Å². The monoisotopic (exact) mass is 174 g/mol. The number of ether oxygens (including phenoxy) is 1. The molecule has 0 radical (unpaired) electrons. The van der Waals surface area contributed by atoms with Crippen LogP contribution in [-0.2, 0) is 11.3 Å². The molecule has 2 aromatic rings. The van der Waals surface area contributed by atoms with Crippen molar-refractivity contribution in [1.82, 2.24) is 9.55 Å². The molecule has 1 aromatic heterocycles. The fourth-order valence-corrected chi connectivity index (χ4v) is 1.55. The number of rotatable bonds is 2. The van der Waals surface area contributed by atoms with Gasteiger partial charge >= 0.3 is 0 Å². The van der Waals surface area contributed by atoms with Crippen LogP contribution in [0.1, 0.15) is 0 Å². The number of epoxide rings is 1. The lowest BCUT2D eigenvalue weighted by Crippen LogP contribution is -2.01. The first-order chi connectivity index (χ1) is 6.43. The number of imidazole rings is 1. The van der Waals surface area contributed by atoms with Crippen LogP contribution >= 0.6 is 0 Å². The minimum atomic E-state index is 0.414. The van der Waals surface area contributed by atoms with E-state index >= 15 is 0 Å². The number of fused-ring (bicyclic) bond motifs is 1. The minimum Gasteiger partial charge on any atom is -0.371 e.